The van der Waals surface area contributed by atoms with Gasteiger partial charge in [-0.1, -0.05) is 0 Å². The normalized spacial score (nSPS) is 17.4. The summed E-state index contributed by atoms with van der Waals surface area (Å²) in [6.45, 7) is 1.44. The lowest BCUT2D eigenvalue weighted by Crippen LogP contribution is -2.41. The van der Waals surface area contributed by atoms with Crippen LogP contribution in [0.3, 0.4) is 0 Å². The van der Waals surface area contributed by atoms with Gasteiger partial charge in [0, 0.05) is 17.6 Å². The van der Waals surface area contributed by atoms with Crippen LogP contribution in [0.15, 0.2) is 32.7 Å². The number of carbonyl (C=O) groups excluding carboxylic acids is 2. The molecular weight excluding hydrogens is 472 g/mol. The van der Waals surface area contributed by atoms with Crippen LogP contribution < -0.4 is 16.0 Å². The Labute approximate surface area is 166 Å². The average Bonchev–Trinajstić information content (AvgIpc) is 2.95. The van der Waals surface area contributed by atoms with Crippen molar-refractivity contribution in [2.45, 2.75) is 12.8 Å². The molecule has 132 valence electrons. The Kier molecular flexibility index (Phi) is 5.75. The minimum absolute atomic E-state index is 0.134. The maximum Gasteiger partial charge on any atom is 0.265 e. The van der Waals surface area contributed by atoms with Gasteiger partial charge in [-0.2, -0.15) is 0 Å². The molecule has 3 N–H and O–H groups in total. The quantitative estimate of drug-likeness (QED) is 0.689. The number of thiophene rings is 1. The van der Waals surface area contributed by atoms with Gasteiger partial charge in [0.15, 0.2) is 0 Å². The zero-order chi connectivity index (χ0) is 18.0. The largest absolute Gasteiger partial charge is 0.369 e. The zero-order valence-electron chi connectivity index (χ0n) is 13.2. The molecule has 25 heavy (non-hydrogen) atoms. The van der Waals surface area contributed by atoms with Crippen molar-refractivity contribution in [1.29, 1.82) is 0 Å². The Morgan fingerprint density at radius 1 is 1.36 bits per heavy atom. The summed E-state index contributed by atoms with van der Waals surface area (Å²) < 4.78 is 1.73. The number of aromatic nitrogens is 1. The standard InChI is InChI=1S/C16H16Br2N4O2S/c17-11-6-12(25-14(11)18)16(24)21-10-3-4-13(20-7-10)22-5-1-2-9(8-22)15(19)23/h3-4,6-7,9H,1-2,5,8H2,(H2,19,23)(H,21,24). The van der Waals surface area contributed by atoms with Crippen LogP contribution in [0.4, 0.5) is 11.5 Å². The second-order valence-corrected chi connectivity index (χ2v) is 9.00. The molecule has 0 saturated carbocycles. The van der Waals surface area contributed by atoms with E-state index < -0.39 is 0 Å². The SMILES string of the molecule is NC(=O)C1CCCN(c2ccc(NC(=O)c3cc(Br)c(Br)s3)cn2)C1. The third-order valence-corrected chi connectivity index (χ3v) is 7.28. The van der Waals surface area contributed by atoms with E-state index in [1.165, 1.54) is 11.3 Å². The van der Waals surface area contributed by atoms with Gasteiger partial charge in [0.2, 0.25) is 5.91 Å². The molecule has 1 unspecified atom stereocenters. The average molecular weight is 488 g/mol. The van der Waals surface area contributed by atoms with Gasteiger partial charge < -0.3 is 16.0 Å². The number of primary amides is 1. The van der Waals surface area contributed by atoms with Gasteiger partial charge in [-0.05, 0) is 62.9 Å². The molecule has 0 radical (unpaired) electrons. The minimum Gasteiger partial charge on any atom is -0.369 e. The Hall–Kier alpha value is -1.45. The number of pyridine rings is 1. The van der Waals surface area contributed by atoms with E-state index in [1.807, 2.05) is 12.1 Å². The van der Waals surface area contributed by atoms with Crippen molar-refractivity contribution in [3.8, 4) is 0 Å². The van der Waals surface area contributed by atoms with Crippen molar-refractivity contribution >= 4 is 66.5 Å². The summed E-state index contributed by atoms with van der Waals surface area (Å²) in [4.78, 5) is 30.7. The summed E-state index contributed by atoms with van der Waals surface area (Å²) in [5, 5.41) is 2.83. The summed E-state index contributed by atoms with van der Waals surface area (Å²) in [6.07, 6.45) is 3.36. The van der Waals surface area contributed by atoms with Crippen molar-refractivity contribution in [3.63, 3.8) is 0 Å². The van der Waals surface area contributed by atoms with Gasteiger partial charge in [-0.15, -0.1) is 11.3 Å². The molecule has 6 nitrogen and oxygen atoms in total. The fourth-order valence-electron chi connectivity index (χ4n) is 2.72. The zero-order valence-corrected chi connectivity index (χ0v) is 17.2. The third kappa shape index (κ3) is 4.39. The van der Waals surface area contributed by atoms with Crippen LogP contribution >= 0.6 is 43.2 Å². The smallest absolute Gasteiger partial charge is 0.265 e. The molecule has 2 aromatic rings. The van der Waals surface area contributed by atoms with Crippen LogP contribution in [0, 0.1) is 5.92 Å². The molecule has 0 aliphatic carbocycles. The number of hydrogen-bond donors (Lipinski definition) is 2. The molecule has 1 aliphatic heterocycles. The minimum atomic E-state index is -0.262. The number of piperidine rings is 1. The van der Waals surface area contributed by atoms with Gasteiger partial charge in [-0.25, -0.2) is 4.98 Å². The van der Waals surface area contributed by atoms with E-state index in [0.717, 1.165) is 33.5 Å². The first-order chi connectivity index (χ1) is 11.9. The van der Waals surface area contributed by atoms with E-state index >= 15 is 0 Å². The van der Waals surface area contributed by atoms with Crippen LogP contribution in [-0.2, 0) is 4.79 Å². The van der Waals surface area contributed by atoms with Gasteiger partial charge in [0.1, 0.15) is 5.82 Å². The molecule has 0 spiro atoms. The summed E-state index contributed by atoms with van der Waals surface area (Å²) in [7, 11) is 0. The highest BCUT2D eigenvalue weighted by atomic mass is 79.9. The maximum absolute atomic E-state index is 12.3. The molecule has 2 amide bonds. The van der Waals surface area contributed by atoms with E-state index in [4.69, 9.17) is 5.73 Å². The van der Waals surface area contributed by atoms with Gasteiger partial charge in [0.25, 0.3) is 5.91 Å². The molecule has 3 heterocycles. The lowest BCUT2D eigenvalue weighted by molar-refractivity contribution is -0.122. The fourth-order valence-corrected chi connectivity index (χ4v) is 4.65. The van der Waals surface area contributed by atoms with Crippen LogP contribution in [-0.4, -0.2) is 29.9 Å². The molecule has 1 aliphatic rings. The first kappa shape index (κ1) is 18.3. The number of amides is 2. The number of anilines is 2. The second kappa shape index (κ2) is 7.84. The molecule has 9 heteroatoms. The van der Waals surface area contributed by atoms with Crippen molar-refractivity contribution in [2.75, 3.05) is 23.3 Å². The second-order valence-electron chi connectivity index (χ2n) is 5.78. The number of carbonyl (C=O) groups is 2. The monoisotopic (exact) mass is 486 g/mol. The predicted octanol–water partition coefficient (Wildman–Crippen LogP) is 3.62. The molecule has 0 aromatic carbocycles. The first-order valence-electron chi connectivity index (χ1n) is 7.70. The third-order valence-electron chi connectivity index (χ3n) is 4.02. The Balaban J connectivity index is 1.66. The molecule has 2 aromatic heterocycles. The molecule has 1 fully saturated rings. The molecule has 3 rings (SSSR count). The van der Waals surface area contributed by atoms with Gasteiger partial charge in [0.05, 0.1) is 26.5 Å². The van der Waals surface area contributed by atoms with E-state index in [0.29, 0.717) is 17.1 Å². The van der Waals surface area contributed by atoms with Crippen molar-refractivity contribution in [3.05, 3.63) is 37.5 Å². The van der Waals surface area contributed by atoms with Gasteiger partial charge >= 0.3 is 0 Å². The van der Waals surface area contributed by atoms with E-state index in [-0.39, 0.29) is 17.7 Å². The predicted molar refractivity (Wildman–Crippen MR) is 106 cm³/mol. The van der Waals surface area contributed by atoms with Crippen molar-refractivity contribution in [1.82, 2.24) is 4.98 Å². The summed E-state index contributed by atoms with van der Waals surface area (Å²) in [6, 6.07) is 5.43. The van der Waals surface area contributed by atoms with Crippen LogP contribution in [0.2, 0.25) is 0 Å². The highest BCUT2D eigenvalue weighted by molar-refractivity contribution is 9.13. The van der Waals surface area contributed by atoms with Crippen LogP contribution in [0.25, 0.3) is 0 Å². The number of nitrogens with one attached hydrogen (secondary N) is 1. The lowest BCUT2D eigenvalue weighted by atomic mass is 9.97. The van der Waals surface area contributed by atoms with E-state index in [1.54, 1.807) is 12.3 Å². The Bertz CT molecular complexity index is 774. The first-order valence-corrected chi connectivity index (χ1v) is 10.1. The number of rotatable bonds is 4. The highest BCUT2D eigenvalue weighted by Gasteiger charge is 2.24. The van der Waals surface area contributed by atoms with E-state index in [9.17, 15) is 9.59 Å². The van der Waals surface area contributed by atoms with Crippen molar-refractivity contribution in [2.24, 2.45) is 11.7 Å². The number of hydrogen-bond acceptors (Lipinski definition) is 5. The molecule has 1 saturated heterocycles. The molecule has 1 atom stereocenters. The Morgan fingerprint density at radius 3 is 2.76 bits per heavy atom. The Morgan fingerprint density at radius 2 is 2.16 bits per heavy atom. The summed E-state index contributed by atoms with van der Waals surface area (Å²) in [5.74, 6) is 0.204. The topological polar surface area (TPSA) is 88.3 Å². The number of nitrogens with two attached hydrogens (primary N) is 1. The van der Waals surface area contributed by atoms with Crippen molar-refractivity contribution < 1.29 is 9.59 Å². The highest BCUT2D eigenvalue weighted by Crippen LogP contribution is 2.32. The molecule has 0 bridgehead atoms. The van der Waals surface area contributed by atoms with Crippen LogP contribution in [0.1, 0.15) is 22.5 Å². The number of nitrogens with zero attached hydrogens (tertiary/aromatic N) is 2. The summed E-state index contributed by atoms with van der Waals surface area (Å²) in [5.41, 5.74) is 6.04. The molecular formula is C16H16Br2N4O2S. The van der Waals surface area contributed by atoms with Crippen LogP contribution in [0.5, 0.6) is 0 Å². The van der Waals surface area contributed by atoms with E-state index in [2.05, 4.69) is 47.1 Å². The fraction of sp³-hybridized carbons (Fsp3) is 0.312. The summed E-state index contributed by atoms with van der Waals surface area (Å²) >= 11 is 8.11. The lowest BCUT2D eigenvalue weighted by Gasteiger charge is -2.32. The number of halogens is 2. The maximum atomic E-state index is 12.3. The van der Waals surface area contributed by atoms with Gasteiger partial charge in [-0.3, -0.25) is 9.59 Å².